The summed E-state index contributed by atoms with van der Waals surface area (Å²) in [6, 6.07) is 6.48. The van der Waals surface area contributed by atoms with Crippen LogP contribution in [0.25, 0.3) is 0 Å². The van der Waals surface area contributed by atoms with E-state index in [1.807, 2.05) is 0 Å². The predicted molar refractivity (Wildman–Crippen MR) is 85.8 cm³/mol. The number of rotatable bonds is 6. The van der Waals surface area contributed by atoms with Crippen LogP contribution >= 0.6 is 0 Å². The van der Waals surface area contributed by atoms with Gasteiger partial charge in [-0.15, -0.1) is 0 Å². The highest BCUT2D eigenvalue weighted by molar-refractivity contribution is 5.89. The topological polar surface area (TPSA) is 90.7 Å². The molecule has 6 nitrogen and oxygen atoms in total. The Bertz CT molecular complexity index is 524. The van der Waals surface area contributed by atoms with Gasteiger partial charge in [-0.05, 0) is 43.4 Å². The Morgan fingerprint density at radius 2 is 1.96 bits per heavy atom. The zero-order valence-electron chi connectivity index (χ0n) is 13.4. The minimum atomic E-state index is -0.502. The maximum absolute atomic E-state index is 12.1. The van der Waals surface area contributed by atoms with Crippen molar-refractivity contribution >= 4 is 11.9 Å². The number of esters is 1. The normalized spacial score (nSPS) is 16.6. The Kier molecular flexibility index (Phi) is 6.55. The summed E-state index contributed by atoms with van der Waals surface area (Å²) >= 11 is 0. The summed E-state index contributed by atoms with van der Waals surface area (Å²) in [4.78, 5) is 23.7. The van der Waals surface area contributed by atoms with E-state index >= 15 is 0 Å². The predicted octanol–water partition coefficient (Wildman–Crippen LogP) is 1.23. The number of ether oxygens (including phenoxy) is 2. The fourth-order valence-electron chi connectivity index (χ4n) is 2.57. The molecule has 1 fully saturated rings. The molecule has 126 valence electrons. The van der Waals surface area contributed by atoms with E-state index in [4.69, 9.17) is 15.2 Å². The Morgan fingerprint density at radius 3 is 2.57 bits per heavy atom. The molecule has 0 bridgehead atoms. The Balaban J connectivity index is 1.82. The third-order valence-corrected chi connectivity index (χ3v) is 4.01. The maximum Gasteiger partial charge on any atom is 0.338 e. The van der Waals surface area contributed by atoms with Gasteiger partial charge in [-0.2, -0.15) is 0 Å². The largest absolute Gasteiger partial charge is 0.462 e. The molecule has 23 heavy (non-hydrogen) atoms. The molecule has 1 aliphatic rings. The van der Waals surface area contributed by atoms with Crippen LogP contribution in [0.1, 0.15) is 35.7 Å². The smallest absolute Gasteiger partial charge is 0.338 e. The van der Waals surface area contributed by atoms with Gasteiger partial charge in [0.15, 0.2) is 0 Å². The molecule has 0 aliphatic carbocycles. The summed E-state index contributed by atoms with van der Waals surface area (Å²) < 4.78 is 10.2. The zero-order valence-corrected chi connectivity index (χ0v) is 13.4. The number of hydrogen-bond acceptors (Lipinski definition) is 5. The summed E-state index contributed by atoms with van der Waals surface area (Å²) in [7, 11) is 0. The average molecular weight is 320 g/mol. The molecule has 1 aromatic carbocycles. The third kappa shape index (κ3) is 5.04. The van der Waals surface area contributed by atoms with E-state index in [1.54, 1.807) is 31.2 Å². The second-order valence-corrected chi connectivity index (χ2v) is 5.61. The van der Waals surface area contributed by atoms with Gasteiger partial charge in [-0.3, -0.25) is 4.79 Å². The first-order chi connectivity index (χ1) is 11.1. The monoisotopic (exact) mass is 320 g/mol. The van der Waals surface area contributed by atoms with Crippen LogP contribution in [-0.2, 0) is 20.8 Å². The van der Waals surface area contributed by atoms with Crippen LogP contribution in [0.5, 0.6) is 0 Å². The van der Waals surface area contributed by atoms with Crippen molar-refractivity contribution in [1.82, 2.24) is 5.32 Å². The van der Waals surface area contributed by atoms with E-state index in [0.717, 1.165) is 18.4 Å². The molecule has 3 N–H and O–H groups in total. The van der Waals surface area contributed by atoms with Gasteiger partial charge in [-0.25, -0.2) is 4.79 Å². The van der Waals surface area contributed by atoms with Crippen molar-refractivity contribution in [3.8, 4) is 0 Å². The van der Waals surface area contributed by atoms with Gasteiger partial charge in [0.2, 0.25) is 5.91 Å². The standard InChI is InChI=1S/C17H24N2O4/c1-2-23-17(21)14-5-3-12(4-6-14)11-19-16(20)15(18)13-7-9-22-10-8-13/h3-6,13,15H,2,7-11,18H2,1H3,(H,19,20). The first-order valence-corrected chi connectivity index (χ1v) is 7.99. The first kappa shape index (κ1) is 17.4. The molecule has 6 heteroatoms. The Morgan fingerprint density at radius 1 is 1.30 bits per heavy atom. The molecule has 1 saturated heterocycles. The van der Waals surface area contributed by atoms with E-state index in [2.05, 4.69) is 5.32 Å². The number of amides is 1. The van der Waals surface area contributed by atoms with Crippen LogP contribution in [0.15, 0.2) is 24.3 Å². The molecule has 2 rings (SSSR count). The van der Waals surface area contributed by atoms with E-state index in [1.165, 1.54) is 0 Å². The lowest BCUT2D eigenvalue weighted by molar-refractivity contribution is -0.124. The minimum Gasteiger partial charge on any atom is -0.462 e. The zero-order chi connectivity index (χ0) is 16.7. The number of hydrogen-bond donors (Lipinski definition) is 2. The van der Waals surface area contributed by atoms with Gasteiger partial charge in [0.1, 0.15) is 0 Å². The van der Waals surface area contributed by atoms with Crippen LogP contribution < -0.4 is 11.1 Å². The Hall–Kier alpha value is -1.92. The summed E-state index contributed by atoms with van der Waals surface area (Å²) in [5.41, 5.74) is 7.43. The third-order valence-electron chi connectivity index (χ3n) is 4.01. The molecule has 0 saturated carbocycles. The fourth-order valence-corrected chi connectivity index (χ4v) is 2.57. The molecule has 1 unspecified atom stereocenters. The first-order valence-electron chi connectivity index (χ1n) is 7.99. The van der Waals surface area contributed by atoms with Gasteiger partial charge in [0.25, 0.3) is 0 Å². The van der Waals surface area contributed by atoms with Crippen molar-refractivity contribution in [2.75, 3.05) is 19.8 Å². The summed E-state index contributed by atoms with van der Waals surface area (Å²) in [6.07, 6.45) is 1.64. The number of benzene rings is 1. The number of carbonyl (C=O) groups excluding carboxylic acids is 2. The van der Waals surface area contributed by atoms with Gasteiger partial charge >= 0.3 is 5.97 Å². The minimum absolute atomic E-state index is 0.147. The van der Waals surface area contributed by atoms with Crippen molar-refractivity contribution in [2.24, 2.45) is 11.7 Å². The van der Waals surface area contributed by atoms with Gasteiger partial charge in [0, 0.05) is 19.8 Å². The number of carbonyl (C=O) groups is 2. The van der Waals surface area contributed by atoms with Crippen molar-refractivity contribution < 1.29 is 19.1 Å². The highest BCUT2D eigenvalue weighted by Crippen LogP contribution is 2.17. The van der Waals surface area contributed by atoms with Crippen LogP contribution in [0.3, 0.4) is 0 Å². The molecular formula is C17H24N2O4. The molecule has 0 aromatic heterocycles. The Labute approximate surface area is 136 Å². The quantitative estimate of drug-likeness (QED) is 0.770. The van der Waals surface area contributed by atoms with Gasteiger partial charge in [0.05, 0.1) is 18.2 Å². The molecule has 0 radical (unpaired) electrons. The molecule has 1 atom stereocenters. The maximum atomic E-state index is 12.1. The molecule has 1 amide bonds. The number of nitrogens with one attached hydrogen (secondary N) is 1. The second kappa shape index (κ2) is 8.64. The van der Waals surface area contributed by atoms with Crippen molar-refractivity contribution in [3.05, 3.63) is 35.4 Å². The lowest BCUT2D eigenvalue weighted by atomic mass is 9.92. The fraction of sp³-hybridized carbons (Fsp3) is 0.529. The molecular weight excluding hydrogens is 296 g/mol. The summed E-state index contributed by atoms with van der Waals surface area (Å²) in [6.45, 7) is 3.84. The van der Waals surface area contributed by atoms with E-state index < -0.39 is 6.04 Å². The van der Waals surface area contributed by atoms with Crippen molar-refractivity contribution in [3.63, 3.8) is 0 Å². The molecule has 1 heterocycles. The van der Waals surface area contributed by atoms with Gasteiger partial charge < -0.3 is 20.5 Å². The molecule has 1 aromatic rings. The van der Waals surface area contributed by atoms with Crippen LogP contribution in [0.2, 0.25) is 0 Å². The lowest BCUT2D eigenvalue weighted by Gasteiger charge is -2.26. The summed E-state index contributed by atoms with van der Waals surface area (Å²) in [5, 5.41) is 2.85. The van der Waals surface area contributed by atoms with Crippen molar-refractivity contribution in [1.29, 1.82) is 0 Å². The van der Waals surface area contributed by atoms with Crippen molar-refractivity contribution in [2.45, 2.75) is 32.4 Å². The van der Waals surface area contributed by atoms with E-state index in [9.17, 15) is 9.59 Å². The molecule has 0 spiro atoms. The average Bonchev–Trinajstić information content (AvgIpc) is 2.60. The summed E-state index contributed by atoms with van der Waals surface area (Å²) in [5.74, 6) is -0.314. The highest BCUT2D eigenvalue weighted by Gasteiger charge is 2.26. The van der Waals surface area contributed by atoms with Crippen LogP contribution in [0.4, 0.5) is 0 Å². The van der Waals surface area contributed by atoms with Crippen LogP contribution in [-0.4, -0.2) is 37.7 Å². The SMILES string of the molecule is CCOC(=O)c1ccc(CNC(=O)C(N)C2CCOCC2)cc1. The van der Waals surface area contributed by atoms with E-state index in [-0.39, 0.29) is 17.8 Å². The number of nitrogens with two attached hydrogens (primary N) is 1. The second-order valence-electron chi connectivity index (χ2n) is 5.61. The highest BCUT2D eigenvalue weighted by atomic mass is 16.5. The van der Waals surface area contributed by atoms with E-state index in [0.29, 0.717) is 31.9 Å². The van der Waals surface area contributed by atoms with Crippen LogP contribution in [0, 0.1) is 5.92 Å². The lowest BCUT2D eigenvalue weighted by Crippen LogP contribution is -2.46. The van der Waals surface area contributed by atoms with Gasteiger partial charge in [-0.1, -0.05) is 12.1 Å². The molecule has 1 aliphatic heterocycles.